The number of amides is 1. The van der Waals surface area contributed by atoms with Gasteiger partial charge in [0, 0.05) is 12.0 Å². The first-order chi connectivity index (χ1) is 15.0. The van der Waals surface area contributed by atoms with Gasteiger partial charge in [0.15, 0.2) is 0 Å². The number of aromatic nitrogens is 2. The number of rotatable bonds is 10. The van der Waals surface area contributed by atoms with Crippen LogP contribution in [0.2, 0.25) is 0 Å². The first kappa shape index (κ1) is 22.2. The second-order valence-electron chi connectivity index (χ2n) is 6.92. The summed E-state index contributed by atoms with van der Waals surface area (Å²) in [7, 11) is 0. The molecule has 1 aromatic heterocycles. The van der Waals surface area contributed by atoms with Gasteiger partial charge in [0.1, 0.15) is 16.5 Å². The van der Waals surface area contributed by atoms with Crippen molar-refractivity contribution < 1.29 is 14.3 Å². The van der Waals surface area contributed by atoms with E-state index in [0.29, 0.717) is 29.1 Å². The molecule has 0 spiro atoms. The van der Waals surface area contributed by atoms with Crippen molar-refractivity contribution >= 4 is 28.6 Å². The molecule has 1 amide bonds. The minimum Gasteiger partial charge on any atom is -0.493 e. The van der Waals surface area contributed by atoms with E-state index >= 15 is 0 Å². The van der Waals surface area contributed by atoms with Crippen molar-refractivity contribution in [3.05, 3.63) is 64.2 Å². The van der Waals surface area contributed by atoms with Gasteiger partial charge < -0.3 is 15.2 Å². The number of hydrogen-bond acceptors (Lipinski definition) is 8. The number of anilines is 1. The molecule has 3 N–H and O–H groups in total. The highest BCUT2D eigenvalue weighted by molar-refractivity contribution is 7.15. The second kappa shape index (κ2) is 11.1. The van der Waals surface area contributed by atoms with Crippen LogP contribution < -0.4 is 20.6 Å². The average molecular weight is 440 g/mol. The summed E-state index contributed by atoms with van der Waals surface area (Å²) < 4.78 is 11.7. The van der Waals surface area contributed by atoms with Gasteiger partial charge in [-0.1, -0.05) is 29.5 Å². The van der Waals surface area contributed by atoms with E-state index in [0.717, 1.165) is 17.7 Å². The number of nitrogens with two attached hydrogens (primary N) is 1. The molecule has 8 nitrogen and oxygen atoms in total. The lowest BCUT2D eigenvalue weighted by molar-refractivity contribution is -0.120. The van der Waals surface area contributed by atoms with Crippen molar-refractivity contribution in [3.63, 3.8) is 0 Å². The van der Waals surface area contributed by atoms with E-state index in [4.69, 9.17) is 15.2 Å². The topological polar surface area (TPSA) is 112 Å². The molecule has 0 radical (unpaired) electrons. The Hall–Kier alpha value is -3.46. The molecule has 0 aliphatic carbocycles. The highest BCUT2D eigenvalue weighted by atomic mass is 32.1. The van der Waals surface area contributed by atoms with Crippen LogP contribution in [0.15, 0.2) is 47.6 Å². The van der Waals surface area contributed by atoms with Crippen LogP contribution in [0.5, 0.6) is 11.5 Å². The second-order valence-corrected chi connectivity index (χ2v) is 8.01. The largest absolute Gasteiger partial charge is 0.493 e. The van der Waals surface area contributed by atoms with Crippen LogP contribution in [0, 0.1) is 13.8 Å². The Morgan fingerprint density at radius 3 is 2.61 bits per heavy atom. The molecule has 0 aliphatic heterocycles. The van der Waals surface area contributed by atoms with Crippen LogP contribution in [-0.2, 0) is 11.2 Å². The van der Waals surface area contributed by atoms with Gasteiger partial charge >= 0.3 is 0 Å². The van der Waals surface area contributed by atoms with Crippen molar-refractivity contribution in [3.8, 4) is 11.5 Å². The molecule has 0 bridgehead atoms. The SMILES string of the molecule is Cc1cc(C)cc(OCCCOc2ccccc2C=NNC(=O)Cc2nnc(N)s2)c1. The molecule has 2 aromatic carbocycles. The molecular formula is C22H25N5O3S. The number of carbonyl (C=O) groups is 1. The summed E-state index contributed by atoms with van der Waals surface area (Å²) in [5.74, 6) is 1.26. The maximum atomic E-state index is 11.9. The fourth-order valence-electron chi connectivity index (χ4n) is 2.85. The van der Waals surface area contributed by atoms with E-state index in [2.05, 4.69) is 40.6 Å². The maximum absolute atomic E-state index is 11.9. The fraction of sp³-hybridized carbons (Fsp3) is 0.273. The van der Waals surface area contributed by atoms with Crippen molar-refractivity contribution in [2.24, 2.45) is 5.10 Å². The minimum atomic E-state index is -0.297. The normalized spacial score (nSPS) is 10.9. The monoisotopic (exact) mass is 439 g/mol. The smallest absolute Gasteiger partial charge is 0.247 e. The molecule has 162 valence electrons. The molecule has 0 atom stereocenters. The summed E-state index contributed by atoms with van der Waals surface area (Å²) in [5, 5.41) is 12.4. The predicted molar refractivity (Wildman–Crippen MR) is 122 cm³/mol. The summed E-state index contributed by atoms with van der Waals surface area (Å²) in [5.41, 5.74) is 11.1. The highest BCUT2D eigenvalue weighted by Crippen LogP contribution is 2.18. The van der Waals surface area contributed by atoms with Crippen LogP contribution in [0.3, 0.4) is 0 Å². The number of nitrogens with zero attached hydrogens (tertiary/aromatic N) is 3. The zero-order chi connectivity index (χ0) is 22.1. The van der Waals surface area contributed by atoms with Crippen molar-refractivity contribution in [1.29, 1.82) is 0 Å². The van der Waals surface area contributed by atoms with Gasteiger partial charge in [-0.25, -0.2) is 5.43 Å². The number of nitrogen functional groups attached to an aromatic ring is 1. The maximum Gasteiger partial charge on any atom is 0.247 e. The van der Waals surface area contributed by atoms with Crippen molar-refractivity contribution in [2.75, 3.05) is 18.9 Å². The zero-order valence-electron chi connectivity index (χ0n) is 17.5. The standard InChI is InChI=1S/C22H25N5O3S/c1-15-10-16(2)12-18(11-15)29-8-5-9-30-19-7-4-3-6-17(19)14-24-25-20(28)13-21-26-27-22(23)31-21/h3-4,6-7,10-12,14H,5,8-9,13H2,1-2H3,(H2,23,27)(H,25,28). The lowest BCUT2D eigenvalue weighted by Crippen LogP contribution is -2.19. The van der Waals surface area contributed by atoms with Crippen LogP contribution in [-0.4, -0.2) is 35.5 Å². The van der Waals surface area contributed by atoms with Gasteiger partial charge in [0.2, 0.25) is 11.0 Å². The Morgan fingerprint density at radius 1 is 1.13 bits per heavy atom. The summed E-state index contributed by atoms with van der Waals surface area (Å²) in [6, 6.07) is 13.6. The molecule has 0 fully saturated rings. The van der Waals surface area contributed by atoms with E-state index in [1.165, 1.54) is 22.5 Å². The van der Waals surface area contributed by atoms with Gasteiger partial charge in [-0.05, 0) is 49.2 Å². The van der Waals surface area contributed by atoms with E-state index in [-0.39, 0.29) is 12.3 Å². The number of carbonyl (C=O) groups excluding carboxylic acids is 1. The first-order valence-electron chi connectivity index (χ1n) is 9.82. The number of hydrogen-bond donors (Lipinski definition) is 2. The Balaban J connectivity index is 1.44. The molecule has 0 saturated heterocycles. The predicted octanol–water partition coefficient (Wildman–Crippen LogP) is 3.28. The molecular weight excluding hydrogens is 414 g/mol. The Labute approximate surface area is 185 Å². The van der Waals surface area contributed by atoms with Gasteiger partial charge in [0.25, 0.3) is 0 Å². The van der Waals surface area contributed by atoms with Crippen molar-refractivity contribution in [2.45, 2.75) is 26.7 Å². The molecule has 1 heterocycles. The number of benzene rings is 2. The van der Waals surface area contributed by atoms with Crippen LogP contribution in [0.4, 0.5) is 5.13 Å². The van der Waals surface area contributed by atoms with Crippen LogP contribution in [0.25, 0.3) is 0 Å². The summed E-state index contributed by atoms with van der Waals surface area (Å²) in [6.07, 6.45) is 2.36. The number of hydrazone groups is 1. The average Bonchev–Trinajstić information content (AvgIpc) is 3.12. The minimum absolute atomic E-state index is 0.0742. The third-order valence-corrected chi connectivity index (χ3v) is 4.87. The zero-order valence-corrected chi connectivity index (χ0v) is 18.3. The van der Waals surface area contributed by atoms with E-state index in [9.17, 15) is 4.79 Å². The number of aryl methyl sites for hydroxylation is 2. The van der Waals surface area contributed by atoms with Gasteiger partial charge in [0.05, 0.1) is 25.8 Å². The summed E-state index contributed by atoms with van der Waals surface area (Å²) >= 11 is 1.17. The van der Waals surface area contributed by atoms with Crippen LogP contribution >= 0.6 is 11.3 Å². The van der Waals surface area contributed by atoms with Crippen molar-refractivity contribution in [1.82, 2.24) is 15.6 Å². The summed E-state index contributed by atoms with van der Waals surface area (Å²) in [4.78, 5) is 11.9. The molecule has 0 aliphatic rings. The van der Waals surface area contributed by atoms with E-state index < -0.39 is 0 Å². The number of para-hydroxylation sites is 1. The molecule has 0 saturated carbocycles. The highest BCUT2D eigenvalue weighted by Gasteiger charge is 2.07. The summed E-state index contributed by atoms with van der Waals surface area (Å²) in [6.45, 7) is 5.16. The Kier molecular flexibility index (Phi) is 7.94. The first-order valence-corrected chi connectivity index (χ1v) is 10.6. The molecule has 31 heavy (non-hydrogen) atoms. The molecule has 3 aromatic rings. The fourth-order valence-corrected chi connectivity index (χ4v) is 3.46. The quantitative estimate of drug-likeness (QED) is 0.285. The van der Waals surface area contributed by atoms with E-state index in [1.807, 2.05) is 36.4 Å². The Morgan fingerprint density at radius 2 is 1.87 bits per heavy atom. The third kappa shape index (κ3) is 7.38. The van der Waals surface area contributed by atoms with E-state index in [1.54, 1.807) is 6.21 Å². The Bertz CT molecular complexity index is 1030. The molecule has 0 unspecified atom stereocenters. The van der Waals surface area contributed by atoms with Gasteiger partial charge in [-0.2, -0.15) is 5.10 Å². The number of ether oxygens (including phenoxy) is 2. The molecule has 9 heteroatoms. The lowest BCUT2D eigenvalue weighted by atomic mass is 10.1. The number of nitrogens with one attached hydrogen (secondary N) is 1. The van der Waals surface area contributed by atoms with Crippen LogP contribution in [0.1, 0.15) is 28.1 Å². The third-order valence-electron chi connectivity index (χ3n) is 4.12. The van der Waals surface area contributed by atoms with Gasteiger partial charge in [-0.15, -0.1) is 10.2 Å². The van der Waals surface area contributed by atoms with Gasteiger partial charge in [-0.3, -0.25) is 4.79 Å². The lowest BCUT2D eigenvalue weighted by Gasteiger charge is -2.10. The molecule has 3 rings (SSSR count).